The number of nitrogens with zero attached hydrogens (tertiary/aromatic N) is 1. The first-order valence-electron chi connectivity index (χ1n) is 6.85. The lowest BCUT2D eigenvalue weighted by Gasteiger charge is -2.23. The molecule has 116 valence electrons. The normalized spacial score (nSPS) is 13.7. The Hall–Kier alpha value is -1.59. The van der Waals surface area contributed by atoms with Crippen LogP contribution in [0.4, 0.5) is 0 Å². The maximum absolute atomic E-state index is 12.0. The second kappa shape index (κ2) is 8.55. The Kier molecular flexibility index (Phi) is 7.87. The Labute approximate surface area is 120 Å². The monoisotopic (exact) mass is 286 g/mol. The molecule has 0 aliphatic rings. The van der Waals surface area contributed by atoms with Crippen molar-refractivity contribution in [3.05, 3.63) is 0 Å². The van der Waals surface area contributed by atoms with Crippen LogP contribution in [0, 0.1) is 11.8 Å². The standard InChI is InChI=1S/C14H26N2O4/c1-9(2)6-11(14(20)16(4)5)15-12(17)7-10(3)8-13(18)19/h9-11H,6-8H2,1-5H3,(H,15,17)(H,18,19). The third-order valence-corrected chi connectivity index (χ3v) is 2.84. The van der Waals surface area contributed by atoms with Crippen LogP contribution in [0.25, 0.3) is 0 Å². The highest BCUT2D eigenvalue weighted by molar-refractivity contribution is 5.87. The summed E-state index contributed by atoms with van der Waals surface area (Å²) in [6.07, 6.45) is 0.627. The molecule has 0 saturated carbocycles. The highest BCUT2D eigenvalue weighted by Gasteiger charge is 2.24. The first kappa shape index (κ1) is 18.4. The number of likely N-dealkylation sites (N-methyl/N-ethyl adjacent to an activating group) is 1. The number of aliphatic carboxylic acids is 1. The summed E-state index contributed by atoms with van der Waals surface area (Å²) in [6.45, 7) is 5.67. The third-order valence-electron chi connectivity index (χ3n) is 2.84. The molecule has 0 spiro atoms. The second-order valence-corrected chi connectivity index (χ2v) is 5.89. The number of amides is 2. The fraction of sp³-hybridized carbons (Fsp3) is 0.786. The predicted octanol–water partition coefficient (Wildman–Crippen LogP) is 1.11. The van der Waals surface area contributed by atoms with Crippen LogP contribution >= 0.6 is 0 Å². The van der Waals surface area contributed by atoms with Gasteiger partial charge in [0.1, 0.15) is 6.04 Å². The molecule has 0 aliphatic heterocycles. The first-order chi connectivity index (χ1) is 9.13. The largest absolute Gasteiger partial charge is 0.481 e. The summed E-state index contributed by atoms with van der Waals surface area (Å²) in [5, 5.41) is 11.4. The van der Waals surface area contributed by atoms with Gasteiger partial charge in [-0.15, -0.1) is 0 Å². The maximum atomic E-state index is 12.0. The van der Waals surface area contributed by atoms with E-state index in [1.807, 2.05) is 13.8 Å². The zero-order valence-corrected chi connectivity index (χ0v) is 13.0. The van der Waals surface area contributed by atoms with Crippen molar-refractivity contribution >= 4 is 17.8 Å². The summed E-state index contributed by atoms with van der Waals surface area (Å²) in [7, 11) is 3.30. The molecule has 0 fully saturated rings. The molecular weight excluding hydrogens is 260 g/mol. The van der Waals surface area contributed by atoms with Gasteiger partial charge in [-0.3, -0.25) is 14.4 Å². The molecule has 2 atom stereocenters. The van der Waals surface area contributed by atoms with Crippen molar-refractivity contribution in [2.24, 2.45) is 11.8 Å². The lowest BCUT2D eigenvalue weighted by Crippen LogP contribution is -2.47. The zero-order valence-electron chi connectivity index (χ0n) is 13.0. The van der Waals surface area contributed by atoms with Gasteiger partial charge >= 0.3 is 5.97 Å². The van der Waals surface area contributed by atoms with E-state index in [0.29, 0.717) is 6.42 Å². The van der Waals surface area contributed by atoms with E-state index in [0.717, 1.165) is 0 Å². The van der Waals surface area contributed by atoms with E-state index < -0.39 is 12.0 Å². The summed E-state index contributed by atoms with van der Waals surface area (Å²) in [4.78, 5) is 35.9. The fourth-order valence-electron chi connectivity index (χ4n) is 1.94. The minimum absolute atomic E-state index is 0.0517. The van der Waals surface area contributed by atoms with E-state index in [1.54, 1.807) is 21.0 Å². The van der Waals surface area contributed by atoms with E-state index in [-0.39, 0.29) is 36.5 Å². The molecule has 0 aromatic rings. The van der Waals surface area contributed by atoms with E-state index in [1.165, 1.54) is 4.90 Å². The maximum Gasteiger partial charge on any atom is 0.303 e. The van der Waals surface area contributed by atoms with Gasteiger partial charge in [-0.1, -0.05) is 20.8 Å². The number of hydrogen-bond acceptors (Lipinski definition) is 3. The average Bonchev–Trinajstić information content (AvgIpc) is 2.24. The van der Waals surface area contributed by atoms with Gasteiger partial charge in [0.2, 0.25) is 11.8 Å². The predicted molar refractivity (Wildman–Crippen MR) is 76.1 cm³/mol. The van der Waals surface area contributed by atoms with Crippen LogP contribution in [-0.4, -0.2) is 47.9 Å². The Bertz CT molecular complexity index is 353. The number of rotatable bonds is 8. The smallest absolute Gasteiger partial charge is 0.303 e. The lowest BCUT2D eigenvalue weighted by atomic mass is 10.0. The molecule has 0 aliphatic carbocycles. The molecule has 6 heteroatoms. The first-order valence-corrected chi connectivity index (χ1v) is 6.85. The molecule has 0 radical (unpaired) electrons. The van der Waals surface area contributed by atoms with Crippen molar-refractivity contribution in [3.8, 4) is 0 Å². The average molecular weight is 286 g/mol. The molecule has 0 aromatic carbocycles. The lowest BCUT2D eigenvalue weighted by molar-refractivity contribution is -0.138. The van der Waals surface area contributed by atoms with Crippen LogP contribution in [0.2, 0.25) is 0 Å². The van der Waals surface area contributed by atoms with Crippen molar-refractivity contribution in [1.29, 1.82) is 0 Å². The molecule has 6 nitrogen and oxygen atoms in total. The third kappa shape index (κ3) is 7.76. The summed E-state index contributed by atoms with van der Waals surface area (Å²) in [6, 6.07) is -0.547. The highest BCUT2D eigenvalue weighted by atomic mass is 16.4. The minimum Gasteiger partial charge on any atom is -0.481 e. The molecule has 0 bridgehead atoms. The van der Waals surface area contributed by atoms with Crippen LogP contribution in [0.5, 0.6) is 0 Å². The Morgan fingerprint density at radius 3 is 2.05 bits per heavy atom. The summed E-state index contributed by atoms with van der Waals surface area (Å²) < 4.78 is 0. The number of carbonyl (C=O) groups is 3. The highest BCUT2D eigenvalue weighted by Crippen LogP contribution is 2.10. The zero-order chi connectivity index (χ0) is 15.9. The van der Waals surface area contributed by atoms with Crippen LogP contribution in [0.3, 0.4) is 0 Å². The number of carboxylic acid groups (broad SMARTS) is 1. The van der Waals surface area contributed by atoms with E-state index in [9.17, 15) is 14.4 Å². The molecule has 0 aromatic heterocycles. The van der Waals surface area contributed by atoms with E-state index in [4.69, 9.17) is 5.11 Å². The van der Waals surface area contributed by atoms with Crippen LogP contribution in [-0.2, 0) is 14.4 Å². The second-order valence-electron chi connectivity index (χ2n) is 5.89. The summed E-state index contributed by atoms with van der Waals surface area (Å²) >= 11 is 0. The summed E-state index contributed by atoms with van der Waals surface area (Å²) in [5.41, 5.74) is 0. The molecule has 0 heterocycles. The van der Waals surface area contributed by atoms with Gasteiger partial charge in [-0.05, 0) is 18.3 Å². The molecule has 2 unspecified atom stereocenters. The molecule has 20 heavy (non-hydrogen) atoms. The molecule has 2 amide bonds. The molecule has 0 saturated heterocycles. The number of carboxylic acids is 1. The van der Waals surface area contributed by atoms with Gasteiger partial charge in [-0.25, -0.2) is 0 Å². The summed E-state index contributed by atoms with van der Waals surface area (Å²) in [5.74, 6) is -1.31. The molecule has 0 rings (SSSR count). The van der Waals surface area contributed by atoms with Crippen molar-refractivity contribution in [2.75, 3.05) is 14.1 Å². The fourth-order valence-corrected chi connectivity index (χ4v) is 1.94. The Balaban J connectivity index is 4.53. The number of carbonyl (C=O) groups excluding carboxylic acids is 2. The van der Waals surface area contributed by atoms with Gasteiger partial charge in [0.15, 0.2) is 0 Å². The van der Waals surface area contributed by atoms with Gasteiger partial charge in [-0.2, -0.15) is 0 Å². The molecular formula is C14H26N2O4. The van der Waals surface area contributed by atoms with Gasteiger partial charge in [0, 0.05) is 26.9 Å². The van der Waals surface area contributed by atoms with Gasteiger partial charge in [0.05, 0.1) is 0 Å². The van der Waals surface area contributed by atoms with Crippen molar-refractivity contribution in [1.82, 2.24) is 10.2 Å². The van der Waals surface area contributed by atoms with Crippen LogP contribution < -0.4 is 5.32 Å². The van der Waals surface area contributed by atoms with Gasteiger partial charge in [0.25, 0.3) is 0 Å². The quantitative estimate of drug-likeness (QED) is 0.699. The Morgan fingerprint density at radius 1 is 1.10 bits per heavy atom. The topological polar surface area (TPSA) is 86.7 Å². The van der Waals surface area contributed by atoms with Crippen molar-refractivity contribution in [2.45, 2.75) is 46.1 Å². The Morgan fingerprint density at radius 2 is 1.65 bits per heavy atom. The van der Waals surface area contributed by atoms with Crippen molar-refractivity contribution in [3.63, 3.8) is 0 Å². The minimum atomic E-state index is -0.923. The molecule has 2 N–H and O–H groups in total. The van der Waals surface area contributed by atoms with Crippen LogP contribution in [0.1, 0.15) is 40.0 Å². The SMILES string of the molecule is CC(C)CC(NC(=O)CC(C)CC(=O)O)C(=O)N(C)C. The van der Waals surface area contributed by atoms with E-state index >= 15 is 0 Å². The van der Waals surface area contributed by atoms with Crippen molar-refractivity contribution < 1.29 is 19.5 Å². The van der Waals surface area contributed by atoms with Crippen LogP contribution in [0.15, 0.2) is 0 Å². The number of hydrogen-bond donors (Lipinski definition) is 2. The van der Waals surface area contributed by atoms with E-state index in [2.05, 4.69) is 5.32 Å². The number of nitrogens with one attached hydrogen (secondary N) is 1. The van der Waals surface area contributed by atoms with Gasteiger partial charge < -0.3 is 15.3 Å².